The number of hydrogen-bond acceptors (Lipinski definition) is 2. The van der Waals surface area contributed by atoms with Crippen molar-refractivity contribution in [3.63, 3.8) is 0 Å². The zero-order valence-electron chi connectivity index (χ0n) is 20.7. The second-order valence-corrected chi connectivity index (χ2v) is 8.87. The van der Waals surface area contributed by atoms with Gasteiger partial charge in [0, 0.05) is 18.0 Å². The van der Waals surface area contributed by atoms with E-state index in [1.165, 1.54) is 69.1 Å². The van der Waals surface area contributed by atoms with Gasteiger partial charge in [0.15, 0.2) is 0 Å². The maximum absolute atomic E-state index is 5.61. The highest BCUT2D eigenvalue weighted by molar-refractivity contribution is 6.04. The van der Waals surface area contributed by atoms with E-state index in [0.29, 0.717) is 0 Å². The fraction of sp³-hybridized carbons (Fsp3) is 0.536. The molecule has 1 aliphatic rings. The van der Waals surface area contributed by atoms with E-state index in [0.717, 1.165) is 47.8 Å². The van der Waals surface area contributed by atoms with Gasteiger partial charge in [0.2, 0.25) is 0 Å². The van der Waals surface area contributed by atoms with E-state index in [1.807, 2.05) is 18.3 Å². The Morgan fingerprint density at radius 3 is 2.27 bits per heavy atom. The molecule has 1 aliphatic heterocycles. The minimum atomic E-state index is 0. The van der Waals surface area contributed by atoms with E-state index in [-0.39, 0.29) is 12.4 Å². The van der Waals surface area contributed by atoms with Gasteiger partial charge < -0.3 is 14.7 Å². The Morgan fingerprint density at radius 2 is 1.64 bits per heavy atom. The van der Waals surface area contributed by atoms with Crippen molar-refractivity contribution >= 4 is 24.2 Å². The molecular weight excluding hydrogens is 430 g/mol. The zero-order valence-corrected chi connectivity index (χ0v) is 21.5. The second-order valence-electron chi connectivity index (χ2n) is 8.87. The number of nitrogens with zero attached hydrogens (tertiary/aromatic N) is 1. The number of methoxy groups -OCH3 is 1. The lowest BCUT2D eigenvalue weighted by Gasteiger charge is -2.06. The lowest BCUT2D eigenvalue weighted by Crippen LogP contribution is -1.99. The largest absolute Gasteiger partial charge is 0.494 e. The van der Waals surface area contributed by atoms with Crippen molar-refractivity contribution < 1.29 is 4.74 Å². The predicted molar refractivity (Wildman–Crippen MR) is 145 cm³/mol. The average Bonchev–Trinajstić information content (AvgIpc) is 3.53. The smallest absolute Gasteiger partial charge is 0.144 e. The van der Waals surface area contributed by atoms with E-state index in [4.69, 9.17) is 9.73 Å². The predicted octanol–water partition coefficient (Wildman–Crippen LogP) is 8.88. The van der Waals surface area contributed by atoms with Gasteiger partial charge in [-0.15, -0.1) is 12.4 Å². The van der Waals surface area contributed by atoms with Crippen molar-refractivity contribution in [2.24, 2.45) is 4.99 Å². The van der Waals surface area contributed by atoms with Gasteiger partial charge in [-0.25, -0.2) is 0 Å². The first-order valence-electron chi connectivity index (χ1n) is 12.7. The SMILES string of the molecule is CCCCCCCCCCCC1=CC(=Cc2[nH]c(-c3ccc[nH]3)cc2OC)N=C1CCC.Cl. The summed E-state index contributed by atoms with van der Waals surface area (Å²) < 4.78 is 5.61. The summed E-state index contributed by atoms with van der Waals surface area (Å²) >= 11 is 0. The molecule has 2 N–H and O–H groups in total. The first-order chi connectivity index (χ1) is 15.7. The van der Waals surface area contributed by atoms with Crippen LogP contribution < -0.4 is 4.74 Å². The van der Waals surface area contributed by atoms with Crippen molar-refractivity contribution in [2.75, 3.05) is 7.11 Å². The summed E-state index contributed by atoms with van der Waals surface area (Å²) in [6.07, 6.45) is 21.9. The summed E-state index contributed by atoms with van der Waals surface area (Å²) in [4.78, 5) is 11.7. The maximum Gasteiger partial charge on any atom is 0.144 e. The molecule has 2 aromatic rings. The van der Waals surface area contributed by atoms with Crippen molar-refractivity contribution in [3.05, 3.63) is 47.4 Å². The Kier molecular flexibility index (Phi) is 12.2. The maximum atomic E-state index is 5.61. The Bertz CT molecular complexity index is 906. The van der Waals surface area contributed by atoms with Gasteiger partial charge in [0.25, 0.3) is 0 Å². The van der Waals surface area contributed by atoms with E-state index in [9.17, 15) is 0 Å². The van der Waals surface area contributed by atoms with Gasteiger partial charge in [0.1, 0.15) is 5.75 Å². The van der Waals surface area contributed by atoms with Crippen LogP contribution in [0.15, 0.2) is 46.7 Å². The van der Waals surface area contributed by atoms with Crippen LogP contribution in [0.1, 0.15) is 96.6 Å². The Morgan fingerprint density at radius 1 is 0.909 bits per heavy atom. The lowest BCUT2D eigenvalue weighted by molar-refractivity contribution is 0.414. The Balaban J connectivity index is 0.00000385. The minimum Gasteiger partial charge on any atom is -0.494 e. The molecular formula is C28H42ClN3O. The zero-order chi connectivity index (χ0) is 22.6. The standard InChI is InChI=1S/C28H41N3O.ClH/c1-4-6-7-8-9-10-11-12-13-16-22-19-23(30-24(22)15-5-2)20-27-28(32-3)21-26(31-27)25-17-14-18-29-25;/h14,17-21,29,31H,4-13,15-16H2,1-3H3;1H. The summed E-state index contributed by atoms with van der Waals surface area (Å²) in [5, 5.41) is 0. The molecule has 0 aliphatic carbocycles. The fourth-order valence-corrected chi connectivity index (χ4v) is 4.41. The number of aromatic amines is 2. The first-order valence-corrected chi connectivity index (χ1v) is 12.7. The van der Waals surface area contributed by atoms with Crippen LogP contribution >= 0.6 is 12.4 Å². The molecule has 0 amide bonds. The van der Waals surface area contributed by atoms with E-state index in [2.05, 4.69) is 42.0 Å². The number of ether oxygens (including phenoxy) is 1. The topological polar surface area (TPSA) is 53.2 Å². The van der Waals surface area contributed by atoms with Crippen LogP contribution in [0.2, 0.25) is 0 Å². The highest BCUT2D eigenvalue weighted by Crippen LogP contribution is 2.31. The fourth-order valence-electron chi connectivity index (χ4n) is 4.41. The third-order valence-corrected chi connectivity index (χ3v) is 6.20. The molecule has 4 nitrogen and oxygen atoms in total. The van der Waals surface area contributed by atoms with Gasteiger partial charge >= 0.3 is 0 Å². The molecule has 0 fully saturated rings. The van der Waals surface area contributed by atoms with Crippen LogP contribution in [0.3, 0.4) is 0 Å². The van der Waals surface area contributed by atoms with Crippen LogP contribution in [0.5, 0.6) is 5.75 Å². The molecule has 182 valence electrons. The highest BCUT2D eigenvalue weighted by Gasteiger charge is 2.16. The molecule has 33 heavy (non-hydrogen) atoms. The highest BCUT2D eigenvalue weighted by atomic mass is 35.5. The molecule has 0 saturated heterocycles. The monoisotopic (exact) mass is 471 g/mol. The van der Waals surface area contributed by atoms with E-state index in [1.54, 1.807) is 7.11 Å². The molecule has 2 aromatic heterocycles. The number of allylic oxidation sites excluding steroid dienone is 2. The normalized spacial score (nSPS) is 14.3. The van der Waals surface area contributed by atoms with Crippen molar-refractivity contribution in [3.8, 4) is 17.1 Å². The number of aromatic nitrogens is 2. The number of rotatable bonds is 15. The van der Waals surface area contributed by atoms with Crippen molar-refractivity contribution in [2.45, 2.75) is 90.9 Å². The number of H-pyrrole nitrogens is 2. The number of halogens is 1. The minimum absolute atomic E-state index is 0. The molecule has 0 saturated carbocycles. The quantitative estimate of drug-likeness (QED) is 0.250. The van der Waals surface area contributed by atoms with Crippen LogP contribution in [-0.2, 0) is 0 Å². The van der Waals surface area contributed by atoms with Gasteiger partial charge in [0.05, 0.1) is 29.9 Å². The van der Waals surface area contributed by atoms with Gasteiger partial charge in [-0.1, -0.05) is 71.6 Å². The molecule has 0 bridgehead atoms. The van der Waals surface area contributed by atoms with E-state index >= 15 is 0 Å². The van der Waals surface area contributed by atoms with E-state index < -0.39 is 0 Å². The van der Waals surface area contributed by atoms with Crippen molar-refractivity contribution in [1.82, 2.24) is 9.97 Å². The molecule has 3 rings (SSSR count). The van der Waals surface area contributed by atoms with Crippen LogP contribution in [0, 0.1) is 0 Å². The molecule has 0 radical (unpaired) electrons. The Labute approximate surface area is 206 Å². The third-order valence-electron chi connectivity index (χ3n) is 6.20. The summed E-state index contributed by atoms with van der Waals surface area (Å²) in [5.41, 5.74) is 6.76. The lowest BCUT2D eigenvalue weighted by atomic mass is 9.99. The molecule has 0 aromatic carbocycles. The molecule has 5 heteroatoms. The summed E-state index contributed by atoms with van der Waals surface area (Å²) in [5.74, 6) is 0.843. The van der Waals surface area contributed by atoms with Crippen LogP contribution in [-0.4, -0.2) is 22.8 Å². The molecule has 0 unspecified atom stereocenters. The number of unbranched alkanes of at least 4 members (excludes halogenated alkanes) is 8. The van der Waals surface area contributed by atoms with Crippen LogP contribution in [0.4, 0.5) is 0 Å². The summed E-state index contributed by atoms with van der Waals surface area (Å²) in [6.45, 7) is 4.51. The number of nitrogens with one attached hydrogen (secondary N) is 2. The average molecular weight is 472 g/mol. The summed E-state index contributed by atoms with van der Waals surface area (Å²) in [7, 11) is 1.72. The number of aliphatic imine (C=N–C) groups is 1. The van der Waals surface area contributed by atoms with Crippen LogP contribution in [0.25, 0.3) is 17.5 Å². The number of hydrogen-bond donors (Lipinski definition) is 2. The van der Waals surface area contributed by atoms with Gasteiger partial charge in [-0.3, -0.25) is 4.99 Å². The van der Waals surface area contributed by atoms with Crippen molar-refractivity contribution in [1.29, 1.82) is 0 Å². The van der Waals surface area contributed by atoms with Gasteiger partial charge in [-0.2, -0.15) is 0 Å². The van der Waals surface area contributed by atoms with Gasteiger partial charge in [-0.05, 0) is 49.1 Å². The molecule has 0 atom stereocenters. The Hall–Kier alpha value is -2.20. The second kappa shape index (κ2) is 14.8. The molecule has 3 heterocycles. The molecule has 0 spiro atoms. The summed E-state index contributed by atoms with van der Waals surface area (Å²) in [6, 6.07) is 6.09. The first kappa shape index (κ1) is 27.0. The third kappa shape index (κ3) is 8.26.